The third-order valence-electron chi connectivity index (χ3n) is 3.55. The maximum absolute atomic E-state index is 11.5. The highest BCUT2D eigenvalue weighted by Gasteiger charge is 2.57. The van der Waals surface area contributed by atoms with Crippen LogP contribution in [-0.2, 0) is 30.3 Å². The molecule has 0 radical (unpaired) electrons. The van der Waals surface area contributed by atoms with Crippen molar-refractivity contribution in [1.29, 1.82) is 0 Å². The molecular weight excluding hydrogens is 274 g/mol. The van der Waals surface area contributed by atoms with E-state index in [1.807, 2.05) is 30.3 Å². The van der Waals surface area contributed by atoms with Crippen molar-refractivity contribution in [3.63, 3.8) is 0 Å². The van der Waals surface area contributed by atoms with Crippen molar-refractivity contribution in [2.24, 2.45) is 5.73 Å². The Morgan fingerprint density at radius 3 is 2.57 bits per heavy atom. The normalized spacial score (nSPS) is 33.8. The van der Waals surface area contributed by atoms with Gasteiger partial charge >= 0.3 is 0 Å². The fourth-order valence-corrected chi connectivity index (χ4v) is 2.68. The molecule has 0 spiro atoms. The molecule has 2 saturated heterocycles. The zero-order chi connectivity index (χ0) is 15.0. The van der Waals surface area contributed by atoms with Crippen LogP contribution < -0.4 is 5.73 Å². The Kier molecular flexibility index (Phi) is 3.71. The van der Waals surface area contributed by atoms with Gasteiger partial charge in [-0.1, -0.05) is 30.3 Å². The average molecular weight is 293 g/mol. The maximum atomic E-state index is 11.5. The smallest absolute Gasteiger partial charge is 0.249 e. The van der Waals surface area contributed by atoms with E-state index in [0.29, 0.717) is 6.61 Å². The Morgan fingerprint density at radius 2 is 1.90 bits per heavy atom. The van der Waals surface area contributed by atoms with E-state index in [4.69, 9.17) is 24.7 Å². The van der Waals surface area contributed by atoms with Crippen molar-refractivity contribution in [2.45, 2.75) is 50.8 Å². The highest BCUT2D eigenvalue weighted by atomic mass is 16.8. The van der Waals surface area contributed by atoms with Crippen LogP contribution >= 0.6 is 0 Å². The molecule has 4 atom stereocenters. The van der Waals surface area contributed by atoms with E-state index < -0.39 is 36.3 Å². The number of hydrogen-bond acceptors (Lipinski definition) is 5. The van der Waals surface area contributed by atoms with E-state index in [2.05, 4.69) is 0 Å². The third kappa shape index (κ3) is 2.94. The van der Waals surface area contributed by atoms with Crippen molar-refractivity contribution in [3.8, 4) is 0 Å². The fourth-order valence-electron chi connectivity index (χ4n) is 2.68. The number of fused-ring (bicyclic) bond motifs is 1. The van der Waals surface area contributed by atoms with Crippen LogP contribution in [0.3, 0.4) is 0 Å². The lowest BCUT2D eigenvalue weighted by atomic mass is 10.1. The number of carbonyl (C=O) groups is 1. The van der Waals surface area contributed by atoms with Crippen LogP contribution in [0.4, 0.5) is 0 Å². The Hall–Kier alpha value is -1.47. The predicted molar refractivity (Wildman–Crippen MR) is 72.9 cm³/mol. The van der Waals surface area contributed by atoms with Gasteiger partial charge in [0.2, 0.25) is 5.91 Å². The van der Waals surface area contributed by atoms with Gasteiger partial charge in [-0.3, -0.25) is 4.79 Å². The number of nitrogens with two attached hydrogens (primary N) is 1. The van der Waals surface area contributed by atoms with Crippen LogP contribution in [0.2, 0.25) is 0 Å². The van der Waals surface area contributed by atoms with E-state index in [9.17, 15) is 4.79 Å². The van der Waals surface area contributed by atoms with Gasteiger partial charge in [0.05, 0.1) is 6.61 Å². The van der Waals surface area contributed by atoms with Crippen molar-refractivity contribution in [2.75, 3.05) is 0 Å². The van der Waals surface area contributed by atoms with Gasteiger partial charge in [-0.25, -0.2) is 0 Å². The highest BCUT2D eigenvalue weighted by molar-refractivity contribution is 5.80. The van der Waals surface area contributed by atoms with E-state index in [1.54, 1.807) is 13.8 Å². The molecule has 1 amide bonds. The van der Waals surface area contributed by atoms with Gasteiger partial charge in [0.1, 0.15) is 12.2 Å². The molecule has 3 rings (SSSR count). The van der Waals surface area contributed by atoms with Gasteiger partial charge in [-0.2, -0.15) is 0 Å². The fraction of sp³-hybridized carbons (Fsp3) is 0.533. The number of rotatable bonds is 4. The van der Waals surface area contributed by atoms with Gasteiger partial charge in [0.15, 0.2) is 18.2 Å². The molecule has 1 aromatic carbocycles. The minimum Gasteiger partial charge on any atom is -0.367 e. The lowest BCUT2D eigenvalue weighted by Crippen LogP contribution is -2.39. The Balaban J connectivity index is 1.69. The average Bonchev–Trinajstić information content (AvgIpc) is 2.91. The van der Waals surface area contributed by atoms with E-state index >= 15 is 0 Å². The molecule has 2 fully saturated rings. The minimum atomic E-state index is -0.849. The van der Waals surface area contributed by atoms with Crippen LogP contribution in [0.5, 0.6) is 0 Å². The number of benzene rings is 1. The molecule has 2 aliphatic heterocycles. The number of hydrogen-bond donors (Lipinski definition) is 1. The summed E-state index contributed by atoms with van der Waals surface area (Å²) in [4.78, 5) is 11.5. The molecule has 6 heteroatoms. The number of ether oxygens (including phenoxy) is 4. The molecule has 0 aliphatic carbocycles. The monoisotopic (exact) mass is 293 g/mol. The second kappa shape index (κ2) is 5.38. The molecule has 21 heavy (non-hydrogen) atoms. The lowest BCUT2D eigenvalue weighted by molar-refractivity contribution is -0.234. The van der Waals surface area contributed by atoms with Gasteiger partial charge < -0.3 is 24.7 Å². The van der Waals surface area contributed by atoms with E-state index in [1.165, 1.54) is 0 Å². The van der Waals surface area contributed by atoms with Gasteiger partial charge in [-0.15, -0.1) is 0 Å². The molecule has 2 N–H and O–H groups in total. The molecule has 114 valence electrons. The highest BCUT2D eigenvalue weighted by Crippen LogP contribution is 2.39. The van der Waals surface area contributed by atoms with Crippen LogP contribution in [0.15, 0.2) is 30.3 Å². The van der Waals surface area contributed by atoms with Crippen LogP contribution in [0.25, 0.3) is 0 Å². The predicted octanol–water partition coefficient (Wildman–Crippen LogP) is 0.933. The summed E-state index contributed by atoms with van der Waals surface area (Å²) in [6.07, 6.45) is -2.51. The van der Waals surface area contributed by atoms with Crippen LogP contribution in [0, 0.1) is 0 Å². The summed E-state index contributed by atoms with van der Waals surface area (Å²) in [5.41, 5.74) is 6.37. The summed E-state index contributed by atoms with van der Waals surface area (Å²) in [5.74, 6) is -1.35. The largest absolute Gasteiger partial charge is 0.367 e. The van der Waals surface area contributed by atoms with Crippen molar-refractivity contribution >= 4 is 5.91 Å². The molecule has 2 heterocycles. The van der Waals surface area contributed by atoms with Gasteiger partial charge in [-0.05, 0) is 19.4 Å². The first-order valence-electron chi connectivity index (χ1n) is 6.92. The molecule has 0 unspecified atom stereocenters. The van der Waals surface area contributed by atoms with Gasteiger partial charge in [0, 0.05) is 0 Å². The SMILES string of the molecule is CC1(C)O[C@H]2[C@H](OCc3ccccc3)O[C@H](C(N)=O)[C@H]2O1. The number of carbonyl (C=O) groups excluding carboxylic acids is 1. The zero-order valence-electron chi connectivity index (χ0n) is 12.0. The summed E-state index contributed by atoms with van der Waals surface area (Å²) < 4.78 is 22.8. The molecule has 6 nitrogen and oxygen atoms in total. The molecular formula is C15H19NO5. The number of amides is 1. The second-order valence-electron chi connectivity index (χ2n) is 5.69. The molecule has 2 aliphatic rings. The van der Waals surface area contributed by atoms with Crippen molar-refractivity contribution in [1.82, 2.24) is 0 Å². The summed E-state index contributed by atoms with van der Waals surface area (Å²) >= 11 is 0. The summed E-state index contributed by atoms with van der Waals surface area (Å²) in [7, 11) is 0. The summed E-state index contributed by atoms with van der Waals surface area (Å²) in [5, 5.41) is 0. The first kappa shape index (κ1) is 14.5. The standard InChI is InChI=1S/C15H19NO5/c1-15(2)20-10-11(13(16)17)19-14(12(10)21-15)18-8-9-6-4-3-5-7-9/h3-7,10-12,14H,8H2,1-2H3,(H2,16,17)/t10-,11+,12-,14-/m1/s1. The topological polar surface area (TPSA) is 80.0 Å². The third-order valence-corrected chi connectivity index (χ3v) is 3.55. The molecule has 0 saturated carbocycles. The lowest BCUT2D eigenvalue weighted by Gasteiger charge is -2.23. The van der Waals surface area contributed by atoms with Gasteiger partial charge in [0.25, 0.3) is 0 Å². The summed E-state index contributed by atoms with van der Waals surface area (Å²) in [6, 6.07) is 9.70. The molecule has 0 bridgehead atoms. The van der Waals surface area contributed by atoms with Crippen molar-refractivity contribution in [3.05, 3.63) is 35.9 Å². The van der Waals surface area contributed by atoms with E-state index in [0.717, 1.165) is 5.56 Å². The van der Waals surface area contributed by atoms with E-state index in [-0.39, 0.29) is 0 Å². The second-order valence-corrected chi connectivity index (χ2v) is 5.69. The Morgan fingerprint density at radius 1 is 1.24 bits per heavy atom. The first-order chi connectivity index (χ1) is 9.96. The minimum absolute atomic E-state index is 0.365. The maximum Gasteiger partial charge on any atom is 0.249 e. The van der Waals surface area contributed by atoms with Crippen molar-refractivity contribution < 1.29 is 23.7 Å². The Bertz CT molecular complexity index is 518. The molecule has 1 aromatic rings. The number of primary amides is 1. The van der Waals surface area contributed by atoms with Crippen LogP contribution in [0.1, 0.15) is 19.4 Å². The zero-order valence-corrected chi connectivity index (χ0v) is 12.0. The quantitative estimate of drug-likeness (QED) is 0.893. The first-order valence-corrected chi connectivity index (χ1v) is 6.92. The van der Waals surface area contributed by atoms with Crippen LogP contribution in [-0.4, -0.2) is 36.3 Å². The summed E-state index contributed by atoms with van der Waals surface area (Å²) in [6.45, 7) is 3.94. The molecule has 0 aromatic heterocycles. The Labute approximate surface area is 123 Å².